The minimum absolute atomic E-state index is 0.413. The van der Waals surface area contributed by atoms with Crippen LogP contribution in [-0.4, -0.2) is 27.5 Å². The van der Waals surface area contributed by atoms with Gasteiger partial charge in [0.15, 0.2) is 0 Å². The van der Waals surface area contributed by atoms with Crippen molar-refractivity contribution in [3.63, 3.8) is 0 Å². The van der Waals surface area contributed by atoms with Gasteiger partial charge in [-0.25, -0.2) is 9.97 Å². The van der Waals surface area contributed by atoms with Crippen LogP contribution in [0.1, 0.15) is 25.0 Å². The first-order valence-electron chi connectivity index (χ1n) is 5.36. The fourth-order valence-corrected chi connectivity index (χ4v) is 2.96. The summed E-state index contributed by atoms with van der Waals surface area (Å²) in [6.45, 7) is 0. The maximum atomic E-state index is 8.75. The zero-order valence-corrected chi connectivity index (χ0v) is 10.00. The third-order valence-electron chi connectivity index (χ3n) is 2.84. The Morgan fingerprint density at radius 1 is 1.56 bits per heavy atom. The highest BCUT2D eigenvalue weighted by molar-refractivity contribution is 7.99. The van der Waals surface area contributed by atoms with Crippen LogP contribution in [0.3, 0.4) is 0 Å². The van der Waals surface area contributed by atoms with Crippen LogP contribution >= 0.6 is 11.8 Å². The SMILES string of the molecule is CSC1CCCC1Nc1nccc(C#N)n1. The Hall–Kier alpha value is -1.28. The van der Waals surface area contributed by atoms with Gasteiger partial charge < -0.3 is 5.32 Å². The summed E-state index contributed by atoms with van der Waals surface area (Å²) in [7, 11) is 0. The van der Waals surface area contributed by atoms with Crippen LogP contribution in [0.2, 0.25) is 0 Å². The molecule has 1 N–H and O–H groups in total. The summed E-state index contributed by atoms with van der Waals surface area (Å²) >= 11 is 1.89. The molecule has 0 radical (unpaired) electrons. The molecule has 0 spiro atoms. The summed E-state index contributed by atoms with van der Waals surface area (Å²) in [6, 6.07) is 4.07. The summed E-state index contributed by atoms with van der Waals surface area (Å²) in [5, 5.41) is 12.7. The molecule has 1 saturated carbocycles. The molecule has 1 aliphatic carbocycles. The number of hydrogen-bond acceptors (Lipinski definition) is 5. The average molecular weight is 234 g/mol. The molecule has 1 aromatic rings. The summed E-state index contributed by atoms with van der Waals surface area (Å²) in [4.78, 5) is 8.27. The van der Waals surface area contributed by atoms with E-state index in [2.05, 4.69) is 21.5 Å². The van der Waals surface area contributed by atoms with Crippen molar-refractivity contribution in [1.82, 2.24) is 9.97 Å². The van der Waals surface area contributed by atoms with Gasteiger partial charge in [-0.05, 0) is 25.2 Å². The third kappa shape index (κ3) is 2.45. The molecule has 2 rings (SSSR count). The van der Waals surface area contributed by atoms with Gasteiger partial charge in [0, 0.05) is 17.5 Å². The Bertz CT molecular complexity index is 401. The first-order valence-corrected chi connectivity index (χ1v) is 6.64. The van der Waals surface area contributed by atoms with E-state index < -0.39 is 0 Å². The second kappa shape index (κ2) is 5.17. The molecular formula is C11H14N4S. The lowest BCUT2D eigenvalue weighted by Gasteiger charge is -2.18. The fraction of sp³-hybridized carbons (Fsp3) is 0.545. The predicted molar refractivity (Wildman–Crippen MR) is 65.3 cm³/mol. The lowest BCUT2D eigenvalue weighted by Crippen LogP contribution is -2.26. The number of aromatic nitrogens is 2. The molecule has 0 aliphatic heterocycles. The number of rotatable bonds is 3. The van der Waals surface area contributed by atoms with Crippen molar-refractivity contribution in [1.29, 1.82) is 5.26 Å². The topological polar surface area (TPSA) is 61.6 Å². The first-order chi connectivity index (χ1) is 7.83. The van der Waals surface area contributed by atoms with Crippen molar-refractivity contribution in [2.24, 2.45) is 0 Å². The Morgan fingerprint density at radius 3 is 3.19 bits per heavy atom. The van der Waals surface area contributed by atoms with Crippen LogP contribution in [0.15, 0.2) is 12.3 Å². The molecule has 1 aromatic heterocycles. The van der Waals surface area contributed by atoms with Gasteiger partial charge >= 0.3 is 0 Å². The van der Waals surface area contributed by atoms with Gasteiger partial charge in [0.25, 0.3) is 0 Å². The quantitative estimate of drug-likeness (QED) is 0.867. The number of nitrogens with one attached hydrogen (secondary N) is 1. The minimum atomic E-state index is 0.413. The third-order valence-corrected chi connectivity index (χ3v) is 4.01. The van der Waals surface area contributed by atoms with Crippen LogP contribution < -0.4 is 5.32 Å². The van der Waals surface area contributed by atoms with E-state index >= 15 is 0 Å². The van der Waals surface area contributed by atoms with E-state index in [1.54, 1.807) is 12.3 Å². The van der Waals surface area contributed by atoms with Crippen molar-refractivity contribution >= 4 is 17.7 Å². The van der Waals surface area contributed by atoms with Gasteiger partial charge in [-0.15, -0.1) is 0 Å². The Labute approximate surface area is 99.5 Å². The molecule has 2 atom stereocenters. The molecule has 16 heavy (non-hydrogen) atoms. The highest BCUT2D eigenvalue weighted by atomic mass is 32.2. The van der Waals surface area contributed by atoms with Crippen LogP contribution in [0.25, 0.3) is 0 Å². The van der Waals surface area contributed by atoms with E-state index in [4.69, 9.17) is 5.26 Å². The van der Waals surface area contributed by atoms with Crippen LogP contribution in [0, 0.1) is 11.3 Å². The van der Waals surface area contributed by atoms with Gasteiger partial charge in [0.1, 0.15) is 11.8 Å². The van der Waals surface area contributed by atoms with Crippen molar-refractivity contribution in [3.05, 3.63) is 18.0 Å². The van der Waals surface area contributed by atoms with Crippen LogP contribution in [0.5, 0.6) is 0 Å². The summed E-state index contributed by atoms with van der Waals surface area (Å²) in [5.74, 6) is 0.574. The molecule has 5 heteroatoms. The van der Waals surface area contributed by atoms with E-state index in [-0.39, 0.29) is 0 Å². The molecular weight excluding hydrogens is 220 g/mol. The van der Waals surface area contributed by atoms with Crippen molar-refractivity contribution in [2.45, 2.75) is 30.6 Å². The molecule has 4 nitrogen and oxygen atoms in total. The zero-order valence-electron chi connectivity index (χ0n) is 9.18. The highest BCUT2D eigenvalue weighted by Crippen LogP contribution is 2.29. The van der Waals surface area contributed by atoms with E-state index in [9.17, 15) is 0 Å². The van der Waals surface area contributed by atoms with Crippen LogP contribution in [0.4, 0.5) is 5.95 Å². The number of hydrogen-bond donors (Lipinski definition) is 1. The first kappa shape index (κ1) is 11.2. The number of thioether (sulfide) groups is 1. The molecule has 1 fully saturated rings. The molecule has 0 bridgehead atoms. The average Bonchev–Trinajstić information content (AvgIpc) is 2.76. The molecule has 2 unspecified atom stereocenters. The van der Waals surface area contributed by atoms with Crippen molar-refractivity contribution < 1.29 is 0 Å². The highest BCUT2D eigenvalue weighted by Gasteiger charge is 2.26. The van der Waals surface area contributed by atoms with Gasteiger partial charge in [-0.1, -0.05) is 6.42 Å². The second-order valence-corrected chi connectivity index (χ2v) is 4.91. The van der Waals surface area contributed by atoms with E-state index in [0.29, 0.717) is 22.9 Å². The number of anilines is 1. The Morgan fingerprint density at radius 2 is 2.44 bits per heavy atom. The standard InChI is InChI=1S/C11H14N4S/c1-16-10-4-2-3-9(10)15-11-13-6-5-8(7-12)14-11/h5-6,9-10H,2-4H2,1H3,(H,13,14,15). The lowest BCUT2D eigenvalue weighted by atomic mass is 10.2. The van der Waals surface area contributed by atoms with Gasteiger partial charge in [0.2, 0.25) is 5.95 Å². The molecule has 0 aromatic carbocycles. The largest absolute Gasteiger partial charge is 0.350 e. The maximum absolute atomic E-state index is 8.75. The van der Waals surface area contributed by atoms with E-state index in [0.717, 1.165) is 6.42 Å². The van der Waals surface area contributed by atoms with Crippen molar-refractivity contribution in [2.75, 3.05) is 11.6 Å². The molecule has 84 valence electrons. The monoisotopic (exact) mass is 234 g/mol. The second-order valence-electron chi connectivity index (χ2n) is 3.83. The molecule has 1 heterocycles. The number of nitrogens with zero attached hydrogens (tertiary/aromatic N) is 3. The lowest BCUT2D eigenvalue weighted by molar-refractivity contribution is 0.756. The fourth-order valence-electron chi connectivity index (χ4n) is 2.03. The summed E-state index contributed by atoms with van der Waals surface area (Å²) in [6.07, 6.45) is 7.41. The van der Waals surface area contributed by atoms with Crippen LogP contribution in [-0.2, 0) is 0 Å². The smallest absolute Gasteiger partial charge is 0.224 e. The molecule has 0 saturated heterocycles. The minimum Gasteiger partial charge on any atom is -0.350 e. The van der Waals surface area contributed by atoms with E-state index in [1.165, 1.54) is 12.8 Å². The van der Waals surface area contributed by atoms with Gasteiger partial charge in [-0.2, -0.15) is 17.0 Å². The normalized spacial score (nSPS) is 24.0. The molecule has 1 aliphatic rings. The van der Waals surface area contributed by atoms with Crippen molar-refractivity contribution in [3.8, 4) is 6.07 Å². The van der Waals surface area contributed by atoms with E-state index in [1.807, 2.05) is 17.8 Å². The Balaban J connectivity index is 2.06. The summed E-state index contributed by atoms with van der Waals surface area (Å²) in [5.41, 5.74) is 0.413. The number of nitriles is 1. The predicted octanol–water partition coefficient (Wildman–Crippen LogP) is 2.04. The molecule has 0 amide bonds. The zero-order chi connectivity index (χ0) is 11.4. The van der Waals surface area contributed by atoms with Gasteiger partial charge in [-0.3, -0.25) is 0 Å². The maximum Gasteiger partial charge on any atom is 0.224 e. The summed E-state index contributed by atoms with van der Waals surface area (Å²) < 4.78 is 0. The van der Waals surface area contributed by atoms with Gasteiger partial charge in [0.05, 0.1) is 0 Å². The Kier molecular flexibility index (Phi) is 3.62.